The first-order chi connectivity index (χ1) is 11.1. The van der Waals surface area contributed by atoms with Crippen molar-refractivity contribution >= 4 is 5.91 Å². The number of likely N-dealkylation sites (tertiary alicyclic amines) is 1. The standard InChI is InChI=1S/C17H32N4O2/c1-14-11-18-12-17(23-14)13-19-5-3-16(4-6-19)21-9-7-20(8-10-21)15(2)22/h14,16-18H,3-13H2,1-2H3/t14-,17+/m1/s1. The number of amides is 1. The highest BCUT2D eigenvalue weighted by atomic mass is 16.5. The number of ether oxygens (including phenoxy) is 1. The monoisotopic (exact) mass is 324 g/mol. The van der Waals surface area contributed by atoms with Crippen LogP contribution in [0.25, 0.3) is 0 Å². The summed E-state index contributed by atoms with van der Waals surface area (Å²) in [6, 6.07) is 0.699. The van der Waals surface area contributed by atoms with Gasteiger partial charge in [-0.25, -0.2) is 0 Å². The van der Waals surface area contributed by atoms with Crippen molar-refractivity contribution in [2.45, 2.75) is 44.9 Å². The van der Waals surface area contributed by atoms with Crippen LogP contribution < -0.4 is 5.32 Å². The third-order valence-corrected chi connectivity index (χ3v) is 5.52. The Bertz CT molecular complexity index is 390. The Hall–Kier alpha value is -0.690. The highest BCUT2D eigenvalue weighted by molar-refractivity contribution is 5.73. The molecule has 0 aromatic rings. The predicted octanol–water partition coefficient (Wildman–Crippen LogP) is -0.00820. The van der Waals surface area contributed by atoms with Crippen molar-refractivity contribution in [3.63, 3.8) is 0 Å². The molecule has 3 heterocycles. The van der Waals surface area contributed by atoms with Crippen LogP contribution in [0.3, 0.4) is 0 Å². The molecule has 0 aromatic carbocycles. The van der Waals surface area contributed by atoms with Gasteiger partial charge < -0.3 is 19.9 Å². The van der Waals surface area contributed by atoms with Gasteiger partial charge in [0.15, 0.2) is 0 Å². The lowest BCUT2D eigenvalue weighted by Crippen LogP contribution is -2.55. The van der Waals surface area contributed by atoms with Gasteiger partial charge in [-0.05, 0) is 32.9 Å². The van der Waals surface area contributed by atoms with E-state index in [0.717, 1.165) is 45.8 Å². The van der Waals surface area contributed by atoms with E-state index in [0.29, 0.717) is 18.2 Å². The first-order valence-electron chi connectivity index (χ1n) is 9.20. The van der Waals surface area contributed by atoms with Crippen LogP contribution in [0.4, 0.5) is 0 Å². The normalized spacial score (nSPS) is 32.2. The van der Waals surface area contributed by atoms with E-state index in [4.69, 9.17) is 4.74 Å². The zero-order valence-corrected chi connectivity index (χ0v) is 14.7. The van der Waals surface area contributed by atoms with Gasteiger partial charge in [-0.3, -0.25) is 9.69 Å². The molecule has 0 saturated carbocycles. The summed E-state index contributed by atoms with van der Waals surface area (Å²) < 4.78 is 6.01. The number of morpholine rings is 1. The second kappa shape index (κ2) is 7.92. The summed E-state index contributed by atoms with van der Waals surface area (Å²) in [4.78, 5) is 18.6. The first kappa shape index (κ1) is 17.1. The van der Waals surface area contributed by atoms with Crippen LogP contribution in [0.5, 0.6) is 0 Å². The summed E-state index contributed by atoms with van der Waals surface area (Å²) >= 11 is 0. The van der Waals surface area contributed by atoms with Gasteiger partial charge in [0.05, 0.1) is 12.2 Å². The quantitative estimate of drug-likeness (QED) is 0.791. The molecule has 1 amide bonds. The molecule has 3 aliphatic heterocycles. The smallest absolute Gasteiger partial charge is 0.219 e. The molecule has 23 heavy (non-hydrogen) atoms. The maximum absolute atomic E-state index is 11.4. The average Bonchev–Trinajstić information content (AvgIpc) is 2.56. The fourth-order valence-corrected chi connectivity index (χ4v) is 4.14. The van der Waals surface area contributed by atoms with E-state index in [1.807, 2.05) is 4.90 Å². The van der Waals surface area contributed by atoms with Crippen LogP contribution >= 0.6 is 0 Å². The van der Waals surface area contributed by atoms with E-state index in [-0.39, 0.29) is 5.91 Å². The number of nitrogens with one attached hydrogen (secondary N) is 1. The molecule has 3 rings (SSSR count). The second-order valence-corrected chi connectivity index (χ2v) is 7.30. The topological polar surface area (TPSA) is 48.1 Å². The van der Waals surface area contributed by atoms with Crippen LogP contribution in [0.15, 0.2) is 0 Å². The Kier molecular flexibility index (Phi) is 5.91. The van der Waals surface area contributed by atoms with E-state index >= 15 is 0 Å². The molecule has 1 N–H and O–H groups in total. The van der Waals surface area contributed by atoms with Crippen molar-refractivity contribution in [1.82, 2.24) is 20.0 Å². The van der Waals surface area contributed by atoms with Crippen LogP contribution in [0, 0.1) is 0 Å². The van der Waals surface area contributed by atoms with Gasteiger partial charge in [0, 0.05) is 58.8 Å². The SMILES string of the molecule is CC(=O)N1CCN(C2CCN(C[C@@H]3CNC[C@@H](C)O3)CC2)CC1. The lowest BCUT2D eigenvalue weighted by atomic mass is 10.0. The van der Waals surface area contributed by atoms with Gasteiger partial charge in [-0.15, -0.1) is 0 Å². The Morgan fingerprint density at radius 2 is 1.78 bits per heavy atom. The third kappa shape index (κ3) is 4.66. The van der Waals surface area contributed by atoms with Crippen molar-refractivity contribution < 1.29 is 9.53 Å². The molecular formula is C17H32N4O2. The average molecular weight is 324 g/mol. The number of carbonyl (C=O) groups is 1. The lowest BCUT2D eigenvalue weighted by Gasteiger charge is -2.43. The summed E-state index contributed by atoms with van der Waals surface area (Å²) in [6.45, 7) is 13.1. The first-order valence-corrected chi connectivity index (χ1v) is 9.20. The van der Waals surface area contributed by atoms with E-state index in [1.54, 1.807) is 6.92 Å². The Labute approximate surface area is 140 Å². The molecule has 3 fully saturated rings. The van der Waals surface area contributed by atoms with Crippen LogP contribution in [-0.4, -0.2) is 97.8 Å². The molecule has 0 unspecified atom stereocenters. The molecule has 6 heteroatoms. The maximum Gasteiger partial charge on any atom is 0.219 e. The number of hydrogen-bond donors (Lipinski definition) is 1. The molecule has 0 radical (unpaired) electrons. The summed E-state index contributed by atoms with van der Waals surface area (Å²) in [5.41, 5.74) is 0. The number of piperidine rings is 1. The number of nitrogens with zero attached hydrogens (tertiary/aromatic N) is 3. The van der Waals surface area contributed by atoms with Gasteiger partial charge in [0.25, 0.3) is 0 Å². The Morgan fingerprint density at radius 1 is 1.09 bits per heavy atom. The minimum atomic E-state index is 0.217. The maximum atomic E-state index is 11.4. The molecule has 0 aromatic heterocycles. The van der Waals surface area contributed by atoms with E-state index < -0.39 is 0 Å². The fourth-order valence-electron chi connectivity index (χ4n) is 4.14. The Morgan fingerprint density at radius 3 is 2.39 bits per heavy atom. The molecule has 0 bridgehead atoms. The predicted molar refractivity (Wildman–Crippen MR) is 90.5 cm³/mol. The highest BCUT2D eigenvalue weighted by Crippen LogP contribution is 2.19. The van der Waals surface area contributed by atoms with E-state index in [1.165, 1.54) is 25.9 Å². The summed E-state index contributed by atoms with van der Waals surface area (Å²) in [5, 5.41) is 3.46. The van der Waals surface area contributed by atoms with Crippen LogP contribution in [0.1, 0.15) is 26.7 Å². The number of rotatable bonds is 3. The molecule has 2 atom stereocenters. The van der Waals surface area contributed by atoms with E-state index in [2.05, 4.69) is 22.0 Å². The minimum absolute atomic E-state index is 0.217. The molecule has 3 saturated heterocycles. The lowest BCUT2D eigenvalue weighted by molar-refractivity contribution is -0.131. The van der Waals surface area contributed by atoms with Crippen molar-refractivity contribution in [2.24, 2.45) is 0 Å². The zero-order valence-electron chi connectivity index (χ0n) is 14.7. The highest BCUT2D eigenvalue weighted by Gasteiger charge is 2.29. The zero-order chi connectivity index (χ0) is 16.2. The molecular weight excluding hydrogens is 292 g/mol. The van der Waals surface area contributed by atoms with Crippen LogP contribution in [-0.2, 0) is 9.53 Å². The van der Waals surface area contributed by atoms with Crippen molar-refractivity contribution in [2.75, 3.05) is 58.9 Å². The fraction of sp³-hybridized carbons (Fsp3) is 0.941. The largest absolute Gasteiger partial charge is 0.371 e. The summed E-state index contributed by atoms with van der Waals surface area (Å²) in [6.07, 6.45) is 3.17. The Balaban J connectivity index is 1.38. The van der Waals surface area contributed by atoms with Gasteiger partial charge >= 0.3 is 0 Å². The molecule has 0 aliphatic carbocycles. The van der Waals surface area contributed by atoms with Gasteiger partial charge in [-0.1, -0.05) is 0 Å². The molecule has 0 spiro atoms. The van der Waals surface area contributed by atoms with Crippen molar-refractivity contribution in [1.29, 1.82) is 0 Å². The number of hydrogen-bond acceptors (Lipinski definition) is 5. The minimum Gasteiger partial charge on any atom is -0.371 e. The van der Waals surface area contributed by atoms with Gasteiger partial charge in [0.2, 0.25) is 5.91 Å². The van der Waals surface area contributed by atoms with Crippen molar-refractivity contribution in [3.05, 3.63) is 0 Å². The second-order valence-electron chi connectivity index (χ2n) is 7.30. The van der Waals surface area contributed by atoms with Crippen LogP contribution in [0.2, 0.25) is 0 Å². The number of piperazine rings is 1. The molecule has 3 aliphatic rings. The van der Waals surface area contributed by atoms with E-state index in [9.17, 15) is 4.79 Å². The number of carbonyl (C=O) groups excluding carboxylic acids is 1. The summed E-state index contributed by atoms with van der Waals surface area (Å²) in [5.74, 6) is 0.217. The van der Waals surface area contributed by atoms with Gasteiger partial charge in [-0.2, -0.15) is 0 Å². The molecule has 6 nitrogen and oxygen atoms in total. The van der Waals surface area contributed by atoms with Crippen molar-refractivity contribution in [3.8, 4) is 0 Å². The van der Waals surface area contributed by atoms with Gasteiger partial charge in [0.1, 0.15) is 0 Å². The summed E-state index contributed by atoms with van der Waals surface area (Å²) in [7, 11) is 0. The third-order valence-electron chi connectivity index (χ3n) is 5.52. The molecule has 132 valence electrons.